The first kappa shape index (κ1) is 13.5. The molecule has 0 bridgehead atoms. The van der Waals surface area contributed by atoms with Crippen molar-refractivity contribution in [3.63, 3.8) is 0 Å². The van der Waals surface area contributed by atoms with Gasteiger partial charge in [0.25, 0.3) is 0 Å². The predicted octanol–water partition coefficient (Wildman–Crippen LogP) is 1.41. The fraction of sp³-hybridized carbons (Fsp3) is 0.857. The Balaban J connectivity index is 1.96. The zero-order chi connectivity index (χ0) is 13.3. The van der Waals surface area contributed by atoms with E-state index in [4.69, 9.17) is 0 Å². The van der Waals surface area contributed by atoms with Gasteiger partial charge in [-0.2, -0.15) is 0 Å². The maximum absolute atomic E-state index is 12.4. The van der Waals surface area contributed by atoms with E-state index in [-0.39, 0.29) is 17.7 Å². The van der Waals surface area contributed by atoms with Crippen molar-refractivity contribution in [2.75, 3.05) is 19.6 Å². The molecule has 4 heteroatoms. The van der Waals surface area contributed by atoms with Gasteiger partial charge >= 0.3 is 0 Å². The van der Waals surface area contributed by atoms with Gasteiger partial charge in [0.2, 0.25) is 11.8 Å². The quantitative estimate of drug-likeness (QED) is 0.770. The highest BCUT2D eigenvalue weighted by molar-refractivity contribution is 6.05. The predicted molar refractivity (Wildman–Crippen MR) is 69.9 cm³/mol. The lowest BCUT2D eigenvalue weighted by atomic mass is 9.78. The van der Waals surface area contributed by atoms with Gasteiger partial charge in [0.05, 0.1) is 5.41 Å². The van der Waals surface area contributed by atoms with Gasteiger partial charge in [0.15, 0.2) is 0 Å². The molecule has 18 heavy (non-hydrogen) atoms. The summed E-state index contributed by atoms with van der Waals surface area (Å²) in [4.78, 5) is 25.9. The molecule has 2 heterocycles. The zero-order valence-corrected chi connectivity index (χ0v) is 11.7. The number of nitrogens with zero attached hydrogens (tertiary/aromatic N) is 1. The van der Waals surface area contributed by atoms with E-state index in [1.807, 2.05) is 20.8 Å². The Morgan fingerprint density at radius 2 is 2.17 bits per heavy atom. The summed E-state index contributed by atoms with van der Waals surface area (Å²) in [6.07, 6.45) is 2.49. The van der Waals surface area contributed by atoms with Crippen LogP contribution in [0.3, 0.4) is 0 Å². The van der Waals surface area contributed by atoms with Crippen LogP contribution in [-0.2, 0) is 9.59 Å². The Morgan fingerprint density at radius 3 is 2.67 bits per heavy atom. The Kier molecular flexibility index (Phi) is 3.76. The highest BCUT2D eigenvalue weighted by Gasteiger charge is 2.49. The van der Waals surface area contributed by atoms with Crippen LogP contribution in [-0.4, -0.2) is 36.3 Å². The van der Waals surface area contributed by atoms with Crippen LogP contribution in [0.5, 0.6) is 0 Å². The van der Waals surface area contributed by atoms with Crippen LogP contribution in [0.25, 0.3) is 0 Å². The fourth-order valence-corrected chi connectivity index (χ4v) is 2.86. The average Bonchev–Trinajstić information content (AvgIpc) is 2.87. The van der Waals surface area contributed by atoms with Crippen molar-refractivity contribution in [2.45, 2.75) is 40.0 Å². The van der Waals surface area contributed by atoms with Crippen molar-refractivity contribution in [2.24, 2.45) is 17.3 Å². The minimum absolute atomic E-state index is 0.0159. The highest BCUT2D eigenvalue weighted by Crippen LogP contribution is 2.39. The van der Waals surface area contributed by atoms with Crippen molar-refractivity contribution in [1.82, 2.24) is 10.2 Å². The number of amides is 2. The summed E-state index contributed by atoms with van der Waals surface area (Å²) in [5.41, 5.74) is -0.481. The van der Waals surface area contributed by atoms with Crippen molar-refractivity contribution >= 4 is 11.8 Å². The first-order valence-corrected chi connectivity index (χ1v) is 7.00. The van der Waals surface area contributed by atoms with Crippen LogP contribution < -0.4 is 5.32 Å². The summed E-state index contributed by atoms with van der Waals surface area (Å²) in [5, 5.41) is 3.32. The van der Waals surface area contributed by atoms with Crippen LogP contribution >= 0.6 is 0 Å². The molecule has 2 atom stereocenters. The molecule has 0 saturated carbocycles. The first-order valence-electron chi connectivity index (χ1n) is 7.00. The van der Waals surface area contributed by atoms with E-state index in [2.05, 4.69) is 5.32 Å². The fourth-order valence-electron chi connectivity index (χ4n) is 2.86. The topological polar surface area (TPSA) is 49.4 Å². The molecule has 0 aromatic heterocycles. The molecule has 0 aromatic rings. The van der Waals surface area contributed by atoms with E-state index in [0.29, 0.717) is 18.9 Å². The minimum atomic E-state index is -0.481. The van der Waals surface area contributed by atoms with Gasteiger partial charge in [-0.05, 0) is 44.7 Å². The second kappa shape index (κ2) is 5.00. The number of hydrogen-bond acceptors (Lipinski definition) is 3. The molecule has 4 nitrogen and oxygen atoms in total. The lowest BCUT2D eigenvalue weighted by Crippen LogP contribution is -2.38. The standard InChI is InChI=1S/C14H24N2O2/c1-10(2)14(3)8-12(17)16(13(14)18)7-5-11-4-6-15-9-11/h10-11,15H,4-9H2,1-3H3. The zero-order valence-electron chi connectivity index (χ0n) is 11.7. The van der Waals surface area contributed by atoms with E-state index in [1.54, 1.807) is 0 Å². The lowest BCUT2D eigenvalue weighted by molar-refractivity contribution is -0.142. The number of nitrogens with one attached hydrogen (secondary N) is 1. The molecule has 0 aliphatic carbocycles. The van der Waals surface area contributed by atoms with E-state index in [1.165, 1.54) is 4.90 Å². The summed E-state index contributed by atoms with van der Waals surface area (Å²) in [6, 6.07) is 0. The summed E-state index contributed by atoms with van der Waals surface area (Å²) in [5.74, 6) is 0.888. The van der Waals surface area contributed by atoms with Crippen molar-refractivity contribution in [3.8, 4) is 0 Å². The molecule has 2 fully saturated rings. The highest BCUT2D eigenvalue weighted by atomic mass is 16.2. The van der Waals surface area contributed by atoms with Gasteiger partial charge in [-0.25, -0.2) is 0 Å². The molecule has 2 unspecified atom stereocenters. The molecule has 2 rings (SSSR count). The van der Waals surface area contributed by atoms with E-state index in [0.717, 1.165) is 25.9 Å². The number of rotatable bonds is 4. The van der Waals surface area contributed by atoms with Gasteiger partial charge in [0.1, 0.15) is 0 Å². The normalized spacial score (nSPS) is 32.9. The number of carbonyl (C=O) groups is 2. The van der Waals surface area contributed by atoms with Crippen LogP contribution in [0.15, 0.2) is 0 Å². The summed E-state index contributed by atoms with van der Waals surface area (Å²) < 4.78 is 0. The molecule has 0 radical (unpaired) electrons. The van der Waals surface area contributed by atoms with E-state index < -0.39 is 5.41 Å². The van der Waals surface area contributed by atoms with Crippen LogP contribution in [0.4, 0.5) is 0 Å². The Morgan fingerprint density at radius 1 is 1.44 bits per heavy atom. The molecule has 0 aromatic carbocycles. The third-order valence-corrected chi connectivity index (χ3v) is 4.75. The van der Waals surface area contributed by atoms with Crippen LogP contribution in [0.1, 0.15) is 40.0 Å². The molecule has 1 N–H and O–H groups in total. The monoisotopic (exact) mass is 252 g/mol. The van der Waals surface area contributed by atoms with Gasteiger partial charge < -0.3 is 5.32 Å². The number of hydrogen-bond donors (Lipinski definition) is 1. The van der Waals surface area contributed by atoms with Crippen LogP contribution in [0.2, 0.25) is 0 Å². The first-order chi connectivity index (χ1) is 8.45. The van der Waals surface area contributed by atoms with Crippen molar-refractivity contribution in [3.05, 3.63) is 0 Å². The minimum Gasteiger partial charge on any atom is -0.316 e. The second-order valence-electron chi connectivity index (χ2n) is 6.25. The molecular weight excluding hydrogens is 228 g/mol. The smallest absolute Gasteiger partial charge is 0.235 e. The maximum Gasteiger partial charge on any atom is 0.235 e. The largest absolute Gasteiger partial charge is 0.316 e. The lowest BCUT2D eigenvalue weighted by Gasteiger charge is -2.26. The number of imide groups is 1. The van der Waals surface area contributed by atoms with E-state index in [9.17, 15) is 9.59 Å². The number of likely N-dealkylation sites (tertiary alicyclic amines) is 1. The summed E-state index contributed by atoms with van der Waals surface area (Å²) >= 11 is 0. The molecule has 0 spiro atoms. The second-order valence-corrected chi connectivity index (χ2v) is 6.25. The van der Waals surface area contributed by atoms with Crippen LogP contribution in [0, 0.1) is 17.3 Å². The molecule has 2 saturated heterocycles. The molecular formula is C14H24N2O2. The van der Waals surface area contributed by atoms with Gasteiger partial charge in [0, 0.05) is 13.0 Å². The molecule has 102 valence electrons. The van der Waals surface area contributed by atoms with Gasteiger partial charge in [-0.1, -0.05) is 13.8 Å². The maximum atomic E-state index is 12.4. The Bertz CT molecular complexity index is 348. The Labute approximate surface area is 109 Å². The molecule has 2 aliphatic rings. The molecule has 2 amide bonds. The average molecular weight is 252 g/mol. The third-order valence-electron chi connectivity index (χ3n) is 4.75. The van der Waals surface area contributed by atoms with Gasteiger partial charge in [-0.3, -0.25) is 14.5 Å². The van der Waals surface area contributed by atoms with Crippen molar-refractivity contribution < 1.29 is 9.59 Å². The van der Waals surface area contributed by atoms with E-state index >= 15 is 0 Å². The Hall–Kier alpha value is -0.900. The number of carbonyl (C=O) groups excluding carboxylic acids is 2. The SMILES string of the molecule is CC(C)C1(C)CC(=O)N(CCC2CCNC2)C1=O. The summed E-state index contributed by atoms with van der Waals surface area (Å²) in [7, 11) is 0. The third kappa shape index (κ3) is 2.30. The summed E-state index contributed by atoms with van der Waals surface area (Å²) in [6.45, 7) is 8.67. The van der Waals surface area contributed by atoms with Gasteiger partial charge in [-0.15, -0.1) is 0 Å². The molecule has 2 aliphatic heterocycles. The van der Waals surface area contributed by atoms with Crippen molar-refractivity contribution in [1.29, 1.82) is 0 Å².